The van der Waals surface area contributed by atoms with Crippen molar-refractivity contribution in [3.05, 3.63) is 59.2 Å². The van der Waals surface area contributed by atoms with Gasteiger partial charge in [0, 0.05) is 38.3 Å². The van der Waals surface area contributed by atoms with Crippen molar-refractivity contribution in [3.63, 3.8) is 0 Å². The Morgan fingerprint density at radius 2 is 1.74 bits per heavy atom. The van der Waals surface area contributed by atoms with E-state index in [4.69, 9.17) is 9.47 Å². The van der Waals surface area contributed by atoms with E-state index in [0.29, 0.717) is 12.2 Å². The predicted octanol–water partition coefficient (Wildman–Crippen LogP) is 3.36. The van der Waals surface area contributed by atoms with Crippen molar-refractivity contribution in [2.24, 2.45) is 0 Å². The molecule has 2 aromatic rings. The highest BCUT2D eigenvalue weighted by atomic mass is 16.5. The summed E-state index contributed by atoms with van der Waals surface area (Å²) in [6, 6.07) is 13.9. The Bertz CT molecular complexity index is 766. The quantitative estimate of drug-likeness (QED) is 0.784. The summed E-state index contributed by atoms with van der Waals surface area (Å²) in [6.07, 6.45) is 0. The smallest absolute Gasteiger partial charge is 0.254 e. The molecule has 3 rings (SSSR count). The van der Waals surface area contributed by atoms with Crippen LogP contribution < -0.4 is 9.47 Å². The third-order valence-corrected chi connectivity index (χ3v) is 4.96. The summed E-state index contributed by atoms with van der Waals surface area (Å²) in [5, 5.41) is 0. The molecule has 0 spiro atoms. The predicted molar refractivity (Wildman–Crippen MR) is 107 cm³/mol. The minimum atomic E-state index is 0.0778. The summed E-state index contributed by atoms with van der Waals surface area (Å²) in [6.45, 7) is 8.78. The van der Waals surface area contributed by atoms with Gasteiger partial charge in [-0.2, -0.15) is 0 Å². The van der Waals surface area contributed by atoms with Crippen LogP contribution in [-0.2, 0) is 6.54 Å². The van der Waals surface area contributed by atoms with Gasteiger partial charge in [-0.3, -0.25) is 9.69 Å². The van der Waals surface area contributed by atoms with Crippen molar-refractivity contribution in [2.45, 2.75) is 20.4 Å². The molecule has 27 heavy (non-hydrogen) atoms. The monoisotopic (exact) mass is 368 g/mol. The fraction of sp³-hybridized carbons (Fsp3) is 0.409. The maximum absolute atomic E-state index is 12.8. The lowest BCUT2D eigenvalue weighted by molar-refractivity contribution is 0.0628. The molecule has 5 nitrogen and oxygen atoms in total. The van der Waals surface area contributed by atoms with Crippen LogP contribution in [0.1, 0.15) is 28.4 Å². The molecule has 0 radical (unpaired) electrons. The molecule has 1 aliphatic heterocycles. The highest BCUT2D eigenvalue weighted by molar-refractivity contribution is 5.94. The lowest BCUT2D eigenvalue weighted by Crippen LogP contribution is -2.48. The van der Waals surface area contributed by atoms with Crippen LogP contribution in [0.5, 0.6) is 11.5 Å². The number of piperazine rings is 1. The molecule has 5 heteroatoms. The van der Waals surface area contributed by atoms with Crippen LogP contribution in [0.4, 0.5) is 0 Å². The van der Waals surface area contributed by atoms with Gasteiger partial charge in [-0.25, -0.2) is 0 Å². The van der Waals surface area contributed by atoms with Gasteiger partial charge < -0.3 is 14.4 Å². The number of ether oxygens (including phenoxy) is 2. The lowest BCUT2D eigenvalue weighted by Gasteiger charge is -2.35. The van der Waals surface area contributed by atoms with Crippen LogP contribution in [0.15, 0.2) is 42.5 Å². The molecular weight excluding hydrogens is 340 g/mol. The van der Waals surface area contributed by atoms with Crippen LogP contribution in [-0.4, -0.2) is 55.6 Å². The van der Waals surface area contributed by atoms with E-state index in [1.165, 1.54) is 5.56 Å². The number of carbonyl (C=O) groups excluding carboxylic acids is 1. The molecule has 144 valence electrons. The number of hydrogen-bond acceptors (Lipinski definition) is 4. The third kappa shape index (κ3) is 4.80. The molecule has 1 amide bonds. The highest BCUT2D eigenvalue weighted by Gasteiger charge is 2.22. The van der Waals surface area contributed by atoms with Gasteiger partial charge in [-0.05, 0) is 49.2 Å². The zero-order valence-electron chi connectivity index (χ0n) is 16.4. The van der Waals surface area contributed by atoms with Crippen LogP contribution in [0.25, 0.3) is 0 Å². The van der Waals surface area contributed by atoms with Crippen molar-refractivity contribution in [1.82, 2.24) is 9.80 Å². The number of aryl methyl sites for hydroxylation is 1. The Hall–Kier alpha value is -2.53. The Balaban J connectivity index is 1.54. The summed E-state index contributed by atoms with van der Waals surface area (Å²) < 4.78 is 10.8. The van der Waals surface area contributed by atoms with Crippen LogP contribution in [0.2, 0.25) is 0 Å². The Morgan fingerprint density at radius 1 is 1.04 bits per heavy atom. The molecule has 1 heterocycles. The summed E-state index contributed by atoms with van der Waals surface area (Å²) >= 11 is 0. The lowest BCUT2D eigenvalue weighted by atomic mass is 10.1. The van der Waals surface area contributed by atoms with Gasteiger partial charge in [0.05, 0.1) is 13.7 Å². The second kappa shape index (κ2) is 8.91. The second-order valence-corrected chi connectivity index (χ2v) is 6.83. The molecule has 0 bridgehead atoms. The van der Waals surface area contributed by atoms with Crippen molar-refractivity contribution < 1.29 is 14.3 Å². The van der Waals surface area contributed by atoms with Gasteiger partial charge in [0.1, 0.15) is 11.5 Å². The molecule has 0 N–H and O–H groups in total. The molecule has 2 aromatic carbocycles. The second-order valence-electron chi connectivity index (χ2n) is 6.83. The average Bonchev–Trinajstić information content (AvgIpc) is 2.70. The molecule has 1 fully saturated rings. The first-order chi connectivity index (χ1) is 13.1. The van der Waals surface area contributed by atoms with Crippen molar-refractivity contribution >= 4 is 5.91 Å². The van der Waals surface area contributed by atoms with Crippen molar-refractivity contribution in [3.8, 4) is 11.5 Å². The number of rotatable bonds is 6. The van der Waals surface area contributed by atoms with Gasteiger partial charge in [0.2, 0.25) is 0 Å². The van der Waals surface area contributed by atoms with Crippen LogP contribution in [0.3, 0.4) is 0 Å². The molecule has 0 unspecified atom stereocenters. The van der Waals surface area contributed by atoms with Gasteiger partial charge in [0.25, 0.3) is 5.91 Å². The van der Waals surface area contributed by atoms with E-state index in [-0.39, 0.29) is 5.91 Å². The maximum Gasteiger partial charge on any atom is 0.254 e. The minimum absolute atomic E-state index is 0.0778. The maximum atomic E-state index is 12.8. The fourth-order valence-corrected chi connectivity index (χ4v) is 3.36. The summed E-state index contributed by atoms with van der Waals surface area (Å²) in [4.78, 5) is 17.1. The van der Waals surface area contributed by atoms with Crippen molar-refractivity contribution in [2.75, 3.05) is 39.9 Å². The first-order valence-corrected chi connectivity index (χ1v) is 9.48. The molecule has 0 aliphatic carbocycles. The molecular formula is C22H28N2O3. The van der Waals surface area contributed by atoms with E-state index in [9.17, 15) is 4.79 Å². The Morgan fingerprint density at radius 3 is 2.37 bits per heavy atom. The average molecular weight is 368 g/mol. The first-order valence-electron chi connectivity index (χ1n) is 9.48. The summed E-state index contributed by atoms with van der Waals surface area (Å²) in [5.41, 5.74) is 2.99. The molecule has 0 aromatic heterocycles. The van der Waals surface area contributed by atoms with Gasteiger partial charge in [-0.15, -0.1) is 0 Å². The number of carbonyl (C=O) groups is 1. The molecule has 1 saturated heterocycles. The standard InChI is InChI=1S/C22H28N2O3/c1-4-27-20-9-6-18(7-10-20)16-23-11-13-24(14-12-23)22(25)19-8-5-17(2)21(15-19)26-3/h5-10,15H,4,11-14,16H2,1-3H3. The molecule has 0 saturated carbocycles. The van der Waals surface area contributed by atoms with E-state index in [1.54, 1.807) is 7.11 Å². The zero-order valence-corrected chi connectivity index (χ0v) is 16.4. The Kier molecular flexibility index (Phi) is 6.35. The fourth-order valence-electron chi connectivity index (χ4n) is 3.36. The number of nitrogens with zero attached hydrogens (tertiary/aromatic N) is 2. The molecule has 0 atom stereocenters. The van der Waals surface area contributed by atoms with Crippen molar-refractivity contribution in [1.29, 1.82) is 0 Å². The number of hydrogen-bond donors (Lipinski definition) is 0. The zero-order chi connectivity index (χ0) is 19.2. The van der Waals surface area contributed by atoms with E-state index >= 15 is 0 Å². The number of benzene rings is 2. The van der Waals surface area contributed by atoms with E-state index in [2.05, 4.69) is 17.0 Å². The number of methoxy groups -OCH3 is 1. The minimum Gasteiger partial charge on any atom is -0.496 e. The summed E-state index contributed by atoms with van der Waals surface area (Å²) in [5.74, 6) is 1.74. The van der Waals surface area contributed by atoms with Gasteiger partial charge in [-0.1, -0.05) is 18.2 Å². The van der Waals surface area contributed by atoms with E-state index in [0.717, 1.165) is 49.8 Å². The first kappa shape index (κ1) is 19.2. The number of amides is 1. The largest absolute Gasteiger partial charge is 0.496 e. The molecule has 1 aliphatic rings. The topological polar surface area (TPSA) is 42.0 Å². The summed E-state index contributed by atoms with van der Waals surface area (Å²) in [7, 11) is 1.64. The van der Waals surface area contributed by atoms with Gasteiger partial charge >= 0.3 is 0 Å². The Labute approximate surface area is 161 Å². The normalized spacial score (nSPS) is 14.9. The van der Waals surface area contributed by atoms with E-state index in [1.807, 2.05) is 49.1 Å². The highest BCUT2D eigenvalue weighted by Crippen LogP contribution is 2.21. The van der Waals surface area contributed by atoms with Crippen LogP contribution in [0, 0.1) is 6.92 Å². The SMILES string of the molecule is CCOc1ccc(CN2CCN(C(=O)c3ccc(C)c(OC)c3)CC2)cc1. The third-order valence-electron chi connectivity index (χ3n) is 4.96. The van der Waals surface area contributed by atoms with Gasteiger partial charge in [0.15, 0.2) is 0 Å². The van der Waals surface area contributed by atoms with Crippen LogP contribution >= 0.6 is 0 Å². The van der Waals surface area contributed by atoms with E-state index < -0.39 is 0 Å².